The van der Waals surface area contributed by atoms with E-state index in [1.54, 1.807) is 6.20 Å². The van der Waals surface area contributed by atoms with E-state index in [1.165, 1.54) is 12.8 Å². The molecule has 0 amide bonds. The number of benzene rings is 1. The summed E-state index contributed by atoms with van der Waals surface area (Å²) >= 11 is 0. The molecule has 1 fully saturated rings. The van der Waals surface area contributed by atoms with E-state index >= 15 is 0 Å². The fourth-order valence-corrected chi connectivity index (χ4v) is 2.32. The van der Waals surface area contributed by atoms with E-state index in [2.05, 4.69) is 25.6 Å². The third-order valence-electron chi connectivity index (χ3n) is 3.64. The van der Waals surface area contributed by atoms with Gasteiger partial charge in [-0.3, -0.25) is 4.98 Å². The molecule has 0 aliphatic heterocycles. The molecule has 114 valence electrons. The van der Waals surface area contributed by atoms with Crippen LogP contribution in [-0.2, 0) is 0 Å². The molecule has 0 spiro atoms. The Labute approximate surface area is 134 Å². The van der Waals surface area contributed by atoms with Crippen LogP contribution in [0.15, 0.2) is 60.9 Å². The molecule has 4 rings (SSSR count). The molecule has 1 aliphatic rings. The van der Waals surface area contributed by atoms with Crippen molar-refractivity contribution in [1.82, 2.24) is 15.0 Å². The van der Waals surface area contributed by atoms with Gasteiger partial charge in [-0.15, -0.1) is 0 Å². The molecule has 2 N–H and O–H groups in total. The van der Waals surface area contributed by atoms with E-state index < -0.39 is 0 Å². The van der Waals surface area contributed by atoms with Crippen molar-refractivity contribution in [2.24, 2.45) is 0 Å². The van der Waals surface area contributed by atoms with Crippen LogP contribution in [0.25, 0.3) is 11.3 Å². The predicted molar refractivity (Wildman–Crippen MR) is 91.6 cm³/mol. The quantitative estimate of drug-likeness (QED) is 0.749. The zero-order valence-electron chi connectivity index (χ0n) is 12.6. The van der Waals surface area contributed by atoms with Gasteiger partial charge in [-0.25, -0.2) is 4.98 Å². The third-order valence-corrected chi connectivity index (χ3v) is 3.64. The largest absolute Gasteiger partial charge is 0.351 e. The Bertz CT molecular complexity index is 785. The van der Waals surface area contributed by atoms with E-state index in [0.717, 1.165) is 22.8 Å². The Hall–Kier alpha value is -2.95. The molecule has 0 radical (unpaired) electrons. The Morgan fingerprint density at radius 1 is 0.957 bits per heavy atom. The molecule has 0 unspecified atom stereocenters. The van der Waals surface area contributed by atoms with Gasteiger partial charge in [-0.05, 0) is 37.1 Å². The first-order chi connectivity index (χ1) is 11.4. The normalized spacial score (nSPS) is 13.6. The van der Waals surface area contributed by atoms with Crippen LogP contribution in [0.4, 0.5) is 17.5 Å². The van der Waals surface area contributed by atoms with Crippen LogP contribution in [0.2, 0.25) is 0 Å². The van der Waals surface area contributed by atoms with E-state index in [9.17, 15) is 0 Å². The van der Waals surface area contributed by atoms with Gasteiger partial charge in [-0.2, -0.15) is 4.98 Å². The highest BCUT2D eigenvalue weighted by atomic mass is 15.2. The van der Waals surface area contributed by atoms with Crippen LogP contribution in [0.1, 0.15) is 12.8 Å². The molecule has 1 aliphatic carbocycles. The third kappa shape index (κ3) is 3.45. The van der Waals surface area contributed by atoms with Crippen LogP contribution in [0.5, 0.6) is 0 Å². The monoisotopic (exact) mass is 303 g/mol. The van der Waals surface area contributed by atoms with Crippen molar-refractivity contribution in [2.45, 2.75) is 18.9 Å². The first-order valence-corrected chi connectivity index (χ1v) is 7.75. The Morgan fingerprint density at radius 2 is 1.83 bits per heavy atom. The van der Waals surface area contributed by atoms with Crippen molar-refractivity contribution < 1.29 is 0 Å². The molecule has 5 nitrogen and oxygen atoms in total. The molecule has 1 aromatic carbocycles. The minimum Gasteiger partial charge on any atom is -0.351 e. The van der Waals surface area contributed by atoms with Gasteiger partial charge in [-0.1, -0.05) is 18.2 Å². The lowest BCUT2D eigenvalue weighted by Gasteiger charge is -2.11. The second-order valence-electron chi connectivity index (χ2n) is 5.61. The van der Waals surface area contributed by atoms with Crippen LogP contribution in [-0.4, -0.2) is 21.0 Å². The van der Waals surface area contributed by atoms with E-state index in [0.29, 0.717) is 12.0 Å². The lowest BCUT2D eigenvalue weighted by Crippen LogP contribution is -2.07. The topological polar surface area (TPSA) is 62.7 Å². The number of hydrogen-bond donors (Lipinski definition) is 2. The van der Waals surface area contributed by atoms with Crippen molar-refractivity contribution in [2.75, 3.05) is 10.6 Å². The molecule has 0 atom stereocenters. The predicted octanol–water partition coefficient (Wildman–Crippen LogP) is 3.86. The summed E-state index contributed by atoms with van der Waals surface area (Å²) in [5.41, 5.74) is 2.83. The van der Waals surface area contributed by atoms with Gasteiger partial charge in [0.25, 0.3) is 0 Å². The summed E-state index contributed by atoms with van der Waals surface area (Å²) in [6.45, 7) is 0. The smallest absolute Gasteiger partial charge is 0.225 e. The second kappa shape index (κ2) is 6.04. The standard InChI is InChI=1S/C18H17N5/c1-2-6-14(7-3-1)20-17-11-16(13-5-4-10-19-12-13)22-18(23-17)21-15-8-9-15/h1-7,10-12,15H,8-9H2,(H2,20,21,22,23). The average Bonchev–Trinajstić information content (AvgIpc) is 3.40. The maximum absolute atomic E-state index is 4.62. The molecule has 5 heteroatoms. The van der Waals surface area contributed by atoms with Gasteiger partial charge in [0.2, 0.25) is 5.95 Å². The second-order valence-corrected chi connectivity index (χ2v) is 5.61. The Balaban J connectivity index is 1.69. The van der Waals surface area contributed by atoms with Gasteiger partial charge in [0.05, 0.1) is 5.69 Å². The summed E-state index contributed by atoms with van der Waals surface area (Å²) in [7, 11) is 0. The zero-order chi connectivity index (χ0) is 15.5. The summed E-state index contributed by atoms with van der Waals surface area (Å²) in [4.78, 5) is 13.4. The summed E-state index contributed by atoms with van der Waals surface area (Å²) in [6, 6.07) is 16.4. The highest BCUT2D eigenvalue weighted by molar-refractivity contribution is 5.66. The minimum atomic E-state index is 0.503. The van der Waals surface area contributed by atoms with Crippen LogP contribution < -0.4 is 10.6 Å². The maximum Gasteiger partial charge on any atom is 0.225 e. The van der Waals surface area contributed by atoms with Crippen LogP contribution in [0, 0.1) is 0 Å². The van der Waals surface area contributed by atoms with Gasteiger partial charge >= 0.3 is 0 Å². The van der Waals surface area contributed by atoms with Gasteiger partial charge in [0, 0.05) is 35.8 Å². The molecule has 3 aromatic rings. The van der Waals surface area contributed by atoms with Crippen molar-refractivity contribution >= 4 is 17.5 Å². The summed E-state index contributed by atoms with van der Waals surface area (Å²) in [5, 5.41) is 6.71. The number of rotatable bonds is 5. The van der Waals surface area contributed by atoms with E-state index in [-0.39, 0.29) is 0 Å². The summed E-state index contributed by atoms with van der Waals surface area (Å²) in [6.07, 6.45) is 5.94. The maximum atomic E-state index is 4.62. The van der Waals surface area contributed by atoms with Crippen molar-refractivity contribution in [1.29, 1.82) is 0 Å². The minimum absolute atomic E-state index is 0.503. The average molecular weight is 303 g/mol. The number of nitrogens with one attached hydrogen (secondary N) is 2. The van der Waals surface area contributed by atoms with Crippen molar-refractivity contribution in [3.8, 4) is 11.3 Å². The molecule has 0 saturated heterocycles. The Kier molecular flexibility index (Phi) is 3.60. The number of hydrogen-bond acceptors (Lipinski definition) is 5. The van der Waals surface area contributed by atoms with E-state index in [4.69, 9.17) is 0 Å². The molecule has 0 bridgehead atoms. The number of aromatic nitrogens is 3. The highest BCUT2D eigenvalue weighted by Crippen LogP contribution is 2.27. The first kappa shape index (κ1) is 13.7. The van der Waals surface area contributed by atoms with Crippen molar-refractivity contribution in [3.05, 3.63) is 60.9 Å². The van der Waals surface area contributed by atoms with Gasteiger partial charge < -0.3 is 10.6 Å². The molecular formula is C18H17N5. The summed E-state index contributed by atoms with van der Waals surface area (Å²) < 4.78 is 0. The number of para-hydroxylation sites is 1. The van der Waals surface area contributed by atoms with Crippen LogP contribution in [0.3, 0.4) is 0 Å². The summed E-state index contributed by atoms with van der Waals surface area (Å²) in [5.74, 6) is 1.43. The number of nitrogens with zero attached hydrogens (tertiary/aromatic N) is 3. The highest BCUT2D eigenvalue weighted by Gasteiger charge is 2.22. The molecule has 2 aromatic heterocycles. The van der Waals surface area contributed by atoms with Crippen LogP contribution >= 0.6 is 0 Å². The fourth-order valence-electron chi connectivity index (χ4n) is 2.32. The molecule has 2 heterocycles. The fraction of sp³-hybridized carbons (Fsp3) is 0.167. The lowest BCUT2D eigenvalue weighted by atomic mass is 10.2. The molecule has 1 saturated carbocycles. The van der Waals surface area contributed by atoms with E-state index in [1.807, 2.05) is 54.7 Å². The lowest BCUT2D eigenvalue weighted by molar-refractivity contribution is 1.06. The van der Waals surface area contributed by atoms with Gasteiger partial charge in [0.15, 0.2) is 0 Å². The van der Waals surface area contributed by atoms with Gasteiger partial charge in [0.1, 0.15) is 5.82 Å². The zero-order valence-corrected chi connectivity index (χ0v) is 12.6. The number of anilines is 3. The SMILES string of the molecule is c1ccc(Nc2cc(-c3cccnc3)nc(NC3CC3)n2)cc1. The molecular weight excluding hydrogens is 286 g/mol. The Morgan fingerprint density at radius 3 is 2.57 bits per heavy atom. The van der Waals surface area contributed by atoms with Crippen molar-refractivity contribution in [3.63, 3.8) is 0 Å². The number of pyridine rings is 1. The first-order valence-electron chi connectivity index (χ1n) is 7.75. The molecule has 23 heavy (non-hydrogen) atoms.